The molecule has 1 nitrogen and oxygen atoms in total. The average molecular weight is 230 g/mol. The molecule has 0 amide bonds. The van der Waals surface area contributed by atoms with Crippen molar-refractivity contribution in [1.82, 2.24) is 0 Å². The van der Waals surface area contributed by atoms with Crippen molar-refractivity contribution < 1.29 is 17.9 Å². The standard InChI is InChI=1S/C12H13F3O/c13-12(14,15)10-6-4-9(5-7-10)2-1-3-11-8-16-11/h4-7,11H,1-3,8H2. The first-order valence-electron chi connectivity index (χ1n) is 5.33. The molecular formula is C12H13F3O. The maximum atomic E-state index is 12.3. The number of benzene rings is 1. The molecule has 1 saturated heterocycles. The number of halogens is 3. The van der Waals surface area contributed by atoms with E-state index >= 15 is 0 Å². The molecule has 4 heteroatoms. The fourth-order valence-corrected chi connectivity index (χ4v) is 1.63. The number of hydrogen-bond acceptors (Lipinski definition) is 1. The summed E-state index contributed by atoms with van der Waals surface area (Å²) in [6.07, 6.45) is -1.05. The summed E-state index contributed by atoms with van der Waals surface area (Å²) in [4.78, 5) is 0. The molecule has 1 fully saturated rings. The van der Waals surface area contributed by atoms with Gasteiger partial charge in [-0.1, -0.05) is 12.1 Å². The summed E-state index contributed by atoms with van der Waals surface area (Å²) in [7, 11) is 0. The zero-order valence-electron chi connectivity index (χ0n) is 8.76. The molecule has 0 aromatic heterocycles. The summed E-state index contributed by atoms with van der Waals surface area (Å²) in [5.74, 6) is 0. The van der Waals surface area contributed by atoms with Crippen LogP contribution in [0.2, 0.25) is 0 Å². The van der Waals surface area contributed by atoms with Gasteiger partial charge in [-0.3, -0.25) is 0 Å². The number of ether oxygens (including phenoxy) is 1. The highest BCUT2D eigenvalue weighted by Gasteiger charge is 2.29. The van der Waals surface area contributed by atoms with Crippen LogP contribution in [0.5, 0.6) is 0 Å². The normalized spacial score (nSPS) is 19.8. The molecule has 0 spiro atoms. The molecule has 0 aliphatic carbocycles. The summed E-state index contributed by atoms with van der Waals surface area (Å²) < 4.78 is 41.9. The molecule has 1 unspecified atom stereocenters. The second kappa shape index (κ2) is 4.45. The first-order chi connectivity index (χ1) is 7.55. The summed E-state index contributed by atoms with van der Waals surface area (Å²) in [6, 6.07) is 5.39. The summed E-state index contributed by atoms with van der Waals surface area (Å²) >= 11 is 0. The van der Waals surface area contributed by atoms with E-state index in [4.69, 9.17) is 4.74 Å². The van der Waals surface area contributed by atoms with Crippen LogP contribution in [0.3, 0.4) is 0 Å². The van der Waals surface area contributed by atoms with E-state index in [-0.39, 0.29) is 0 Å². The molecule has 1 aliphatic rings. The molecule has 1 aliphatic heterocycles. The Hall–Kier alpha value is -1.03. The van der Waals surface area contributed by atoms with E-state index in [0.29, 0.717) is 6.10 Å². The fourth-order valence-electron chi connectivity index (χ4n) is 1.63. The Morgan fingerprint density at radius 2 is 1.81 bits per heavy atom. The highest BCUT2D eigenvalue weighted by Crippen LogP contribution is 2.29. The van der Waals surface area contributed by atoms with Crippen LogP contribution in [0, 0.1) is 0 Å². The molecule has 0 saturated carbocycles. The molecule has 88 valence electrons. The van der Waals surface area contributed by atoms with Gasteiger partial charge in [-0.05, 0) is 37.0 Å². The second-order valence-corrected chi connectivity index (χ2v) is 4.04. The van der Waals surface area contributed by atoms with E-state index in [9.17, 15) is 13.2 Å². The van der Waals surface area contributed by atoms with Gasteiger partial charge in [0.2, 0.25) is 0 Å². The van der Waals surface area contributed by atoms with Crippen LogP contribution < -0.4 is 0 Å². The zero-order valence-corrected chi connectivity index (χ0v) is 8.76. The van der Waals surface area contributed by atoms with E-state index in [1.807, 2.05) is 0 Å². The van der Waals surface area contributed by atoms with Crippen molar-refractivity contribution in [3.63, 3.8) is 0 Å². The van der Waals surface area contributed by atoms with Gasteiger partial charge in [-0.25, -0.2) is 0 Å². The van der Waals surface area contributed by atoms with Gasteiger partial charge in [-0.15, -0.1) is 0 Å². The minimum Gasteiger partial charge on any atom is -0.373 e. The Kier molecular flexibility index (Phi) is 3.19. The second-order valence-electron chi connectivity index (χ2n) is 4.04. The van der Waals surface area contributed by atoms with E-state index in [1.165, 1.54) is 0 Å². The van der Waals surface area contributed by atoms with Crippen LogP contribution in [0.4, 0.5) is 13.2 Å². The van der Waals surface area contributed by atoms with E-state index in [0.717, 1.165) is 43.6 Å². The van der Waals surface area contributed by atoms with Gasteiger partial charge in [0, 0.05) is 0 Å². The topological polar surface area (TPSA) is 12.5 Å². The minimum absolute atomic E-state index is 0.398. The largest absolute Gasteiger partial charge is 0.416 e. The number of alkyl halides is 3. The molecule has 0 bridgehead atoms. The van der Waals surface area contributed by atoms with Crippen molar-refractivity contribution in [3.8, 4) is 0 Å². The number of hydrogen-bond donors (Lipinski definition) is 0. The monoisotopic (exact) mass is 230 g/mol. The smallest absolute Gasteiger partial charge is 0.373 e. The Balaban J connectivity index is 1.85. The van der Waals surface area contributed by atoms with Crippen molar-refractivity contribution in [2.24, 2.45) is 0 Å². The maximum absolute atomic E-state index is 12.3. The molecule has 1 atom stereocenters. The summed E-state index contributed by atoms with van der Waals surface area (Å²) in [5.41, 5.74) is 0.371. The first kappa shape index (κ1) is 11.5. The first-order valence-corrected chi connectivity index (χ1v) is 5.33. The molecule has 1 heterocycles. The summed E-state index contributed by atoms with van der Waals surface area (Å²) in [6.45, 7) is 0.840. The molecule has 0 radical (unpaired) electrons. The highest BCUT2D eigenvalue weighted by molar-refractivity contribution is 5.24. The predicted octanol–water partition coefficient (Wildman–Crippen LogP) is 3.43. The van der Waals surface area contributed by atoms with Crippen molar-refractivity contribution in [2.75, 3.05) is 6.61 Å². The van der Waals surface area contributed by atoms with E-state index in [1.54, 1.807) is 12.1 Å². The van der Waals surface area contributed by atoms with Crippen LogP contribution in [0.1, 0.15) is 24.0 Å². The number of epoxide rings is 1. The third-order valence-electron chi connectivity index (χ3n) is 2.68. The van der Waals surface area contributed by atoms with Gasteiger partial charge in [0.05, 0.1) is 18.3 Å². The third-order valence-corrected chi connectivity index (χ3v) is 2.68. The fraction of sp³-hybridized carbons (Fsp3) is 0.500. The Morgan fingerprint density at radius 1 is 1.19 bits per heavy atom. The SMILES string of the molecule is FC(F)(F)c1ccc(CCCC2CO2)cc1. The zero-order chi connectivity index (χ0) is 11.6. The molecule has 1 aromatic carbocycles. The maximum Gasteiger partial charge on any atom is 0.416 e. The van der Waals surface area contributed by atoms with Crippen molar-refractivity contribution in [2.45, 2.75) is 31.5 Å². The van der Waals surface area contributed by atoms with Gasteiger partial charge in [0.15, 0.2) is 0 Å². The Bertz CT molecular complexity index is 338. The van der Waals surface area contributed by atoms with E-state index < -0.39 is 11.7 Å². The van der Waals surface area contributed by atoms with Gasteiger partial charge in [0.25, 0.3) is 0 Å². The van der Waals surface area contributed by atoms with Crippen molar-refractivity contribution in [3.05, 3.63) is 35.4 Å². The van der Waals surface area contributed by atoms with Gasteiger partial charge >= 0.3 is 6.18 Å². The predicted molar refractivity (Wildman–Crippen MR) is 54.1 cm³/mol. The number of aryl methyl sites for hydroxylation is 1. The van der Waals surface area contributed by atoms with Crippen LogP contribution in [0.25, 0.3) is 0 Å². The van der Waals surface area contributed by atoms with Crippen LogP contribution in [0.15, 0.2) is 24.3 Å². The lowest BCUT2D eigenvalue weighted by Gasteiger charge is -2.07. The van der Waals surface area contributed by atoms with Gasteiger partial charge < -0.3 is 4.74 Å². The lowest BCUT2D eigenvalue weighted by molar-refractivity contribution is -0.137. The third kappa shape index (κ3) is 3.23. The van der Waals surface area contributed by atoms with E-state index in [2.05, 4.69) is 0 Å². The number of rotatable bonds is 4. The molecule has 16 heavy (non-hydrogen) atoms. The quantitative estimate of drug-likeness (QED) is 0.722. The van der Waals surface area contributed by atoms with Crippen LogP contribution >= 0.6 is 0 Å². The summed E-state index contributed by atoms with van der Waals surface area (Å²) in [5, 5.41) is 0. The lowest BCUT2D eigenvalue weighted by Crippen LogP contribution is -2.04. The Morgan fingerprint density at radius 3 is 2.31 bits per heavy atom. The van der Waals surface area contributed by atoms with Gasteiger partial charge in [-0.2, -0.15) is 13.2 Å². The lowest BCUT2D eigenvalue weighted by atomic mass is 10.1. The molecule has 0 N–H and O–H groups in total. The van der Waals surface area contributed by atoms with Crippen LogP contribution in [-0.4, -0.2) is 12.7 Å². The molecule has 1 aromatic rings. The highest BCUT2D eigenvalue weighted by atomic mass is 19.4. The van der Waals surface area contributed by atoms with Crippen molar-refractivity contribution in [1.29, 1.82) is 0 Å². The molecule has 2 rings (SSSR count). The Labute approximate surface area is 92.2 Å². The van der Waals surface area contributed by atoms with Crippen LogP contribution in [-0.2, 0) is 17.3 Å². The van der Waals surface area contributed by atoms with Crippen molar-refractivity contribution >= 4 is 0 Å². The van der Waals surface area contributed by atoms with Gasteiger partial charge in [0.1, 0.15) is 0 Å². The minimum atomic E-state index is -4.24. The average Bonchev–Trinajstić information content (AvgIpc) is 3.01. The molecular weight excluding hydrogens is 217 g/mol.